The van der Waals surface area contributed by atoms with Gasteiger partial charge < -0.3 is 0 Å². The van der Waals surface area contributed by atoms with E-state index in [2.05, 4.69) is 20.8 Å². The van der Waals surface area contributed by atoms with Crippen LogP contribution in [0.1, 0.15) is 59.3 Å². The van der Waals surface area contributed by atoms with Crippen molar-refractivity contribution in [2.45, 2.75) is 83.2 Å². The summed E-state index contributed by atoms with van der Waals surface area (Å²) in [5, 5.41) is 0. The Bertz CT molecular complexity index is 183. The molecule has 0 saturated carbocycles. The van der Waals surface area contributed by atoms with Gasteiger partial charge in [0.2, 0.25) is 0 Å². The van der Waals surface area contributed by atoms with Crippen LogP contribution in [0.5, 0.6) is 0 Å². The van der Waals surface area contributed by atoms with Gasteiger partial charge in [0.25, 0.3) is 0 Å². The Labute approximate surface area is 113 Å². The highest BCUT2D eigenvalue weighted by atomic mass is 29.2. The monoisotopic (exact) mass is 296 g/mol. The topological polar surface area (TPSA) is 0 Å². The Morgan fingerprint density at radius 2 is 1.11 bits per heavy atom. The van der Waals surface area contributed by atoms with E-state index < -0.39 is 22.4 Å². The van der Waals surface area contributed by atoms with Crippen LogP contribution in [0.3, 0.4) is 0 Å². The van der Waals surface area contributed by atoms with Crippen LogP contribution in [0.4, 0.5) is 13.2 Å². The number of alkyl halides is 3. The molecule has 5 heteroatoms. The lowest BCUT2D eigenvalue weighted by molar-refractivity contribution is -0.0450. The maximum atomic E-state index is 12.9. The Morgan fingerprint density at radius 3 is 1.33 bits per heavy atom. The molecule has 0 N–H and O–H groups in total. The minimum atomic E-state index is -3.93. The second-order valence-corrected chi connectivity index (χ2v) is 14.0. The second-order valence-electron chi connectivity index (χ2n) is 5.21. The molecule has 0 aliphatic rings. The third kappa shape index (κ3) is 8.35. The molecular weight excluding hydrogens is 269 g/mol. The molecule has 0 bridgehead atoms. The van der Waals surface area contributed by atoms with Crippen molar-refractivity contribution in [1.82, 2.24) is 0 Å². The summed E-state index contributed by atoms with van der Waals surface area (Å²) in [6.07, 6.45) is 6.04. The molecule has 2 radical (unpaired) electrons. The van der Waals surface area contributed by atoms with Crippen molar-refractivity contribution >= 4 is 16.6 Å². The van der Waals surface area contributed by atoms with E-state index in [1.807, 2.05) is 0 Å². The zero-order valence-corrected chi connectivity index (χ0v) is 14.0. The summed E-state index contributed by atoms with van der Waals surface area (Å²) < 4.78 is 38.6. The predicted molar refractivity (Wildman–Crippen MR) is 76.7 cm³/mol. The van der Waals surface area contributed by atoms with Gasteiger partial charge in [-0.25, -0.2) is 0 Å². The van der Waals surface area contributed by atoms with Crippen LogP contribution in [0.25, 0.3) is 0 Å². The maximum absolute atomic E-state index is 12.9. The highest BCUT2D eigenvalue weighted by molar-refractivity contribution is 7.25. The van der Waals surface area contributed by atoms with E-state index in [0.29, 0.717) is 0 Å². The highest BCUT2D eigenvalue weighted by Gasteiger charge is 2.43. The molecule has 0 aromatic carbocycles. The van der Waals surface area contributed by atoms with E-state index in [1.54, 1.807) is 0 Å². The molecular formula is C13H27F3Si2. The van der Waals surface area contributed by atoms with Crippen molar-refractivity contribution in [3.8, 4) is 0 Å². The molecule has 0 unspecified atom stereocenters. The van der Waals surface area contributed by atoms with Crippen LogP contribution in [-0.2, 0) is 0 Å². The maximum Gasteiger partial charge on any atom is 0.354 e. The molecule has 0 aromatic heterocycles. The lowest BCUT2D eigenvalue weighted by atomic mass is 10.4. The van der Waals surface area contributed by atoms with Gasteiger partial charge in [-0.15, -0.1) is 0 Å². The molecule has 18 heavy (non-hydrogen) atoms. The first-order valence-corrected chi connectivity index (χ1v) is 11.9. The third-order valence-electron chi connectivity index (χ3n) is 3.43. The molecule has 0 heterocycles. The molecule has 0 rings (SSSR count). The molecule has 108 valence electrons. The lowest BCUT2D eigenvalue weighted by Gasteiger charge is -2.32. The number of hydrogen-bond donors (Lipinski definition) is 0. The Balaban J connectivity index is 4.73. The van der Waals surface area contributed by atoms with Gasteiger partial charge in [0.05, 0.1) is 7.59 Å². The van der Waals surface area contributed by atoms with Gasteiger partial charge >= 0.3 is 5.80 Å². The number of unbranched alkanes of at least 4 members (excludes halogenated alkanes) is 3. The largest absolute Gasteiger partial charge is 0.354 e. The summed E-state index contributed by atoms with van der Waals surface area (Å²) >= 11 is 0. The first-order valence-electron chi connectivity index (χ1n) is 7.25. The average molecular weight is 297 g/mol. The summed E-state index contributed by atoms with van der Waals surface area (Å²) in [5.74, 6) is -3.93. The van der Waals surface area contributed by atoms with Crippen LogP contribution in [0.2, 0.25) is 18.1 Å². The van der Waals surface area contributed by atoms with E-state index in [4.69, 9.17) is 0 Å². The van der Waals surface area contributed by atoms with Crippen LogP contribution in [-0.4, -0.2) is 22.4 Å². The summed E-state index contributed by atoms with van der Waals surface area (Å²) in [7, 11) is -2.82. The second kappa shape index (κ2) is 9.18. The van der Waals surface area contributed by atoms with E-state index in [9.17, 15) is 13.2 Å². The van der Waals surface area contributed by atoms with Gasteiger partial charge in [0.15, 0.2) is 9.04 Å². The van der Waals surface area contributed by atoms with Crippen molar-refractivity contribution in [2.24, 2.45) is 0 Å². The number of halogens is 3. The van der Waals surface area contributed by atoms with Crippen molar-refractivity contribution < 1.29 is 13.2 Å². The molecule has 0 saturated heterocycles. The molecule has 0 nitrogen and oxygen atoms in total. The van der Waals surface area contributed by atoms with Crippen LogP contribution >= 0.6 is 0 Å². The van der Waals surface area contributed by atoms with Crippen LogP contribution in [0, 0.1) is 0 Å². The quantitative estimate of drug-likeness (QED) is 0.463. The predicted octanol–water partition coefficient (Wildman–Crippen LogP) is 5.56. The van der Waals surface area contributed by atoms with Gasteiger partial charge in [-0.05, 0) is 0 Å². The smallest absolute Gasteiger partial charge is 0.178 e. The molecule has 0 aliphatic heterocycles. The van der Waals surface area contributed by atoms with Crippen LogP contribution in [0.15, 0.2) is 0 Å². The van der Waals surface area contributed by atoms with Crippen molar-refractivity contribution in [3.63, 3.8) is 0 Å². The van der Waals surface area contributed by atoms with E-state index in [1.165, 1.54) is 0 Å². The van der Waals surface area contributed by atoms with Crippen molar-refractivity contribution in [2.75, 3.05) is 0 Å². The fourth-order valence-corrected chi connectivity index (χ4v) is 11.7. The Kier molecular flexibility index (Phi) is 9.29. The molecule has 0 spiro atoms. The molecule has 0 amide bonds. The van der Waals surface area contributed by atoms with Crippen LogP contribution < -0.4 is 0 Å². The zero-order valence-electron chi connectivity index (χ0n) is 12.0. The fraction of sp³-hybridized carbons (Fsp3) is 1.00. The highest BCUT2D eigenvalue weighted by Crippen LogP contribution is 2.32. The summed E-state index contributed by atoms with van der Waals surface area (Å²) in [4.78, 5) is 0. The Morgan fingerprint density at radius 1 is 0.778 bits per heavy atom. The minimum absolute atomic E-state index is 0.729. The number of hydrogen-bond acceptors (Lipinski definition) is 0. The van der Waals surface area contributed by atoms with E-state index in [-0.39, 0.29) is 0 Å². The molecule has 0 atom stereocenters. The SMILES string of the molecule is CCCC[Si](CCCC)(CCCC)[Si]C(F)(F)F. The molecule has 0 fully saturated rings. The first kappa shape index (κ1) is 18.2. The minimum Gasteiger partial charge on any atom is -0.178 e. The summed E-state index contributed by atoms with van der Waals surface area (Å²) in [6.45, 7) is 6.24. The van der Waals surface area contributed by atoms with E-state index in [0.717, 1.165) is 56.7 Å². The van der Waals surface area contributed by atoms with Gasteiger partial charge in [-0.3, -0.25) is 0 Å². The van der Waals surface area contributed by atoms with Crippen molar-refractivity contribution in [3.05, 3.63) is 0 Å². The first-order chi connectivity index (χ1) is 8.39. The normalized spacial score (nSPS) is 13.0. The average Bonchev–Trinajstić information content (AvgIpc) is 2.29. The van der Waals surface area contributed by atoms with E-state index >= 15 is 0 Å². The Hall–Kier alpha value is 0.224. The van der Waals surface area contributed by atoms with Crippen molar-refractivity contribution in [1.29, 1.82) is 0 Å². The number of rotatable bonds is 10. The lowest BCUT2D eigenvalue weighted by Crippen LogP contribution is -2.48. The van der Waals surface area contributed by atoms with Gasteiger partial charge in [0.1, 0.15) is 0 Å². The summed E-state index contributed by atoms with van der Waals surface area (Å²) in [6, 6.07) is 2.67. The van der Waals surface area contributed by atoms with Gasteiger partial charge in [-0.1, -0.05) is 77.4 Å². The van der Waals surface area contributed by atoms with Gasteiger partial charge in [0, 0.05) is 0 Å². The third-order valence-corrected chi connectivity index (χ3v) is 12.9. The fourth-order valence-electron chi connectivity index (χ4n) is 2.41. The van der Waals surface area contributed by atoms with Gasteiger partial charge in [-0.2, -0.15) is 13.2 Å². The standard InChI is InChI=1S/C13H27F3Si2/c1-4-7-10-18(11-8-5-2,12-9-6-3)17-13(14,15)16/h4-12H2,1-3H3. The zero-order chi connectivity index (χ0) is 14.1. The molecule has 0 aliphatic carbocycles. The summed E-state index contributed by atoms with van der Waals surface area (Å²) in [5.41, 5.74) is 0. The molecule has 0 aromatic rings.